The number of rotatable bonds is 1. The number of carbonyl (C=O) groups is 2. The predicted molar refractivity (Wildman–Crippen MR) is 76.3 cm³/mol. The third kappa shape index (κ3) is 3.64. The first-order chi connectivity index (χ1) is 9.25. The van der Waals surface area contributed by atoms with E-state index in [0.29, 0.717) is 13.1 Å². The van der Waals surface area contributed by atoms with E-state index in [-0.39, 0.29) is 23.4 Å². The number of methoxy groups -OCH3 is 1. The number of amides is 1. The second-order valence-corrected chi connectivity index (χ2v) is 6.46. The summed E-state index contributed by atoms with van der Waals surface area (Å²) in [6.45, 7) is 11.0. The number of hydrogen-bond acceptors (Lipinski definition) is 4. The highest BCUT2D eigenvalue weighted by atomic mass is 16.6. The van der Waals surface area contributed by atoms with Gasteiger partial charge in [0.05, 0.1) is 13.0 Å². The Morgan fingerprint density at radius 3 is 2.05 bits per heavy atom. The van der Waals surface area contributed by atoms with Crippen molar-refractivity contribution >= 4 is 12.1 Å². The van der Waals surface area contributed by atoms with E-state index in [0.717, 1.165) is 12.8 Å². The number of carbonyl (C=O) groups excluding carboxylic acids is 2. The second-order valence-electron chi connectivity index (χ2n) is 6.46. The van der Waals surface area contributed by atoms with E-state index in [1.807, 2.05) is 34.6 Å². The summed E-state index contributed by atoms with van der Waals surface area (Å²) in [5.74, 6) is -0.105. The minimum absolute atomic E-state index is 0.0239. The van der Waals surface area contributed by atoms with Crippen LogP contribution >= 0.6 is 0 Å². The quantitative estimate of drug-likeness (QED) is 0.695. The molecule has 1 saturated carbocycles. The van der Waals surface area contributed by atoms with Crippen molar-refractivity contribution in [3.63, 3.8) is 0 Å². The summed E-state index contributed by atoms with van der Waals surface area (Å²) < 4.78 is 10.0. The van der Waals surface area contributed by atoms with Crippen molar-refractivity contribution < 1.29 is 19.1 Å². The van der Waals surface area contributed by atoms with Crippen molar-refractivity contribution in [3.8, 4) is 0 Å². The molecule has 0 radical (unpaired) electrons. The van der Waals surface area contributed by atoms with Crippen molar-refractivity contribution in [1.82, 2.24) is 4.90 Å². The monoisotopic (exact) mass is 285 g/mol. The zero-order chi connectivity index (χ0) is 15.6. The van der Waals surface area contributed by atoms with E-state index in [2.05, 4.69) is 0 Å². The Morgan fingerprint density at radius 1 is 1.15 bits per heavy atom. The van der Waals surface area contributed by atoms with E-state index in [4.69, 9.17) is 9.47 Å². The van der Waals surface area contributed by atoms with Crippen molar-refractivity contribution in [2.45, 2.75) is 53.1 Å². The van der Waals surface area contributed by atoms with Gasteiger partial charge in [0.15, 0.2) is 0 Å². The fourth-order valence-corrected chi connectivity index (χ4v) is 2.80. The summed E-state index contributed by atoms with van der Waals surface area (Å²) in [4.78, 5) is 24.8. The fraction of sp³-hybridized carbons (Fsp3) is 0.867. The molecule has 2 aliphatic rings. The maximum absolute atomic E-state index is 11.8. The van der Waals surface area contributed by atoms with Crippen molar-refractivity contribution in [3.05, 3.63) is 0 Å². The average molecular weight is 285 g/mol. The van der Waals surface area contributed by atoms with Crippen LogP contribution in [0.25, 0.3) is 0 Å². The summed E-state index contributed by atoms with van der Waals surface area (Å²) in [7, 11) is 1.42. The number of nitrogens with zero attached hydrogens (tertiary/aromatic N) is 1. The van der Waals surface area contributed by atoms with Crippen LogP contribution in [0.1, 0.15) is 47.5 Å². The molecule has 116 valence electrons. The van der Waals surface area contributed by atoms with Gasteiger partial charge in [-0.1, -0.05) is 13.8 Å². The molecule has 0 bridgehead atoms. The van der Waals surface area contributed by atoms with Gasteiger partial charge < -0.3 is 14.4 Å². The molecule has 1 aliphatic carbocycles. The molecule has 1 spiro atoms. The number of hydrogen-bond donors (Lipinski definition) is 0. The van der Waals surface area contributed by atoms with Crippen molar-refractivity contribution in [1.29, 1.82) is 0 Å². The van der Waals surface area contributed by atoms with Gasteiger partial charge in [0.2, 0.25) is 0 Å². The molecule has 0 unspecified atom stereocenters. The molecule has 1 aliphatic heterocycles. The molecule has 0 N–H and O–H groups in total. The maximum atomic E-state index is 11.8. The van der Waals surface area contributed by atoms with Crippen LogP contribution in [-0.2, 0) is 14.3 Å². The van der Waals surface area contributed by atoms with Crippen LogP contribution in [0.4, 0.5) is 4.79 Å². The Hall–Kier alpha value is -1.26. The van der Waals surface area contributed by atoms with Gasteiger partial charge in [-0.05, 0) is 33.6 Å². The number of ether oxygens (including phenoxy) is 2. The summed E-state index contributed by atoms with van der Waals surface area (Å²) in [6.07, 6.45) is 1.41. The van der Waals surface area contributed by atoms with Crippen LogP contribution in [0.15, 0.2) is 0 Å². The Bertz CT molecular complexity index is 359. The molecule has 2 rings (SSSR count). The zero-order valence-electron chi connectivity index (χ0n) is 13.5. The molecule has 0 aromatic rings. The summed E-state index contributed by atoms with van der Waals surface area (Å²) in [5.41, 5.74) is -0.302. The zero-order valence-corrected chi connectivity index (χ0v) is 13.5. The molecule has 0 aromatic carbocycles. The molecule has 20 heavy (non-hydrogen) atoms. The van der Waals surface area contributed by atoms with Gasteiger partial charge in [-0.2, -0.15) is 0 Å². The Kier molecular flexibility index (Phi) is 5.05. The summed E-state index contributed by atoms with van der Waals surface area (Å²) in [6, 6.07) is 0. The third-order valence-corrected chi connectivity index (χ3v) is 3.60. The van der Waals surface area contributed by atoms with Crippen LogP contribution < -0.4 is 0 Å². The molecule has 5 heteroatoms. The van der Waals surface area contributed by atoms with Gasteiger partial charge in [-0.3, -0.25) is 4.79 Å². The smallest absolute Gasteiger partial charge is 0.410 e. The van der Waals surface area contributed by atoms with Crippen LogP contribution in [-0.4, -0.2) is 42.8 Å². The van der Waals surface area contributed by atoms with Gasteiger partial charge in [-0.15, -0.1) is 0 Å². The third-order valence-electron chi connectivity index (χ3n) is 3.60. The van der Waals surface area contributed by atoms with Crippen molar-refractivity contribution in [2.75, 3.05) is 20.2 Å². The Balaban J connectivity index is 0.000000956. The molecular weight excluding hydrogens is 258 g/mol. The van der Waals surface area contributed by atoms with E-state index in [1.54, 1.807) is 4.90 Å². The van der Waals surface area contributed by atoms with Gasteiger partial charge in [0.1, 0.15) is 5.60 Å². The summed E-state index contributed by atoms with van der Waals surface area (Å²) in [5, 5.41) is 0. The maximum Gasteiger partial charge on any atom is 0.410 e. The van der Waals surface area contributed by atoms with Crippen LogP contribution in [0, 0.1) is 11.3 Å². The van der Waals surface area contributed by atoms with E-state index >= 15 is 0 Å². The minimum atomic E-state index is -0.450. The lowest BCUT2D eigenvalue weighted by Gasteiger charge is -2.57. The normalized spacial score (nSPS) is 20.2. The molecule has 0 aromatic heterocycles. The SMILES string of the molecule is CC.COC(=O)C1CC2(C1)CN(C(=O)OC(C)(C)C)C2. The lowest BCUT2D eigenvalue weighted by atomic mass is 9.58. The molecule has 0 atom stereocenters. The average Bonchev–Trinajstić information content (AvgIpc) is 2.25. The van der Waals surface area contributed by atoms with Crippen LogP contribution in [0.3, 0.4) is 0 Å². The number of esters is 1. The van der Waals surface area contributed by atoms with E-state index < -0.39 is 5.60 Å². The Labute approximate surface area is 121 Å². The number of likely N-dealkylation sites (tertiary alicyclic amines) is 1. The van der Waals surface area contributed by atoms with Gasteiger partial charge in [-0.25, -0.2) is 4.79 Å². The fourth-order valence-electron chi connectivity index (χ4n) is 2.80. The summed E-state index contributed by atoms with van der Waals surface area (Å²) >= 11 is 0. The standard InChI is InChI=1S/C13H21NO4.C2H6/c1-12(2,3)18-11(16)14-7-13(8-14)5-9(6-13)10(15)17-4;1-2/h9H,5-8H2,1-4H3;1-2H3. The topological polar surface area (TPSA) is 55.8 Å². The molecule has 1 amide bonds. The first-order valence-corrected chi connectivity index (χ1v) is 7.30. The molecule has 1 saturated heterocycles. The van der Waals surface area contributed by atoms with Gasteiger partial charge in [0.25, 0.3) is 0 Å². The van der Waals surface area contributed by atoms with Gasteiger partial charge in [0, 0.05) is 18.5 Å². The second kappa shape index (κ2) is 6.02. The first-order valence-electron chi connectivity index (χ1n) is 7.30. The molecule has 1 heterocycles. The Morgan fingerprint density at radius 2 is 1.65 bits per heavy atom. The van der Waals surface area contributed by atoms with Gasteiger partial charge >= 0.3 is 12.1 Å². The lowest BCUT2D eigenvalue weighted by molar-refractivity contribution is -0.162. The van der Waals surface area contributed by atoms with E-state index in [9.17, 15) is 9.59 Å². The molecule has 2 fully saturated rings. The lowest BCUT2D eigenvalue weighted by Crippen LogP contribution is -2.65. The largest absolute Gasteiger partial charge is 0.469 e. The minimum Gasteiger partial charge on any atom is -0.469 e. The predicted octanol–water partition coefficient (Wildman–Crippen LogP) is 2.83. The highest BCUT2D eigenvalue weighted by molar-refractivity contribution is 5.74. The molecular formula is C15H27NO4. The highest BCUT2D eigenvalue weighted by Gasteiger charge is 2.56. The highest BCUT2D eigenvalue weighted by Crippen LogP contribution is 2.52. The van der Waals surface area contributed by atoms with E-state index in [1.165, 1.54) is 7.11 Å². The first kappa shape index (κ1) is 16.8. The molecule has 5 nitrogen and oxygen atoms in total. The van der Waals surface area contributed by atoms with Crippen molar-refractivity contribution in [2.24, 2.45) is 11.3 Å². The van der Waals surface area contributed by atoms with Crippen LogP contribution in [0.5, 0.6) is 0 Å². The van der Waals surface area contributed by atoms with Crippen LogP contribution in [0.2, 0.25) is 0 Å².